The molecule has 0 unspecified atom stereocenters. The molecule has 1 aliphatic heterocycles. The van der Waals surface area contributed by atoms with Gasteiger partial charge in [-0.05, 0) is 61.1 Å². The second kappa shape index (κ2) is 8.24. The number of hydrogen-bond donors (Lipinski definition) is 2. The number of hydrogen-bond acceptors (Lipinski definition) is 3. The Hall–Kier alpha value is -1.88. The Morgan fingerprint density at radius 2 is 2.00 bits per heavy atom. The molecule has 1 aromatic carbocycles. The van der Waals surface area contributed by atoms with Crippen LogP contribution in [-0.2, 0) is 11.3 Å². The van der Waals surface area contributed by atoms with E-state index in [0.29, 0.717) is 24.4 Å². The van der Waals surface area contributed by atoms with Crippen molar-refractivity contribution in [3.05, 3.63) is 35.4 Å². The van der Waals surface area contributed by atoms with E-state index in [4.69, 9.17) is 0 Å². The molecular formula is C23H34N2O3. The lowest BCUT2D eigenvalue weighted by atomic mass is 9.68. The number of nitrogens with zero attached hydrogens (tertiary/aromatic N) is 1. The number of carbonyl (C=O) groups is 2. The van der Waals surface area contributed by atoms with E-state index in [1.807, 2.05) is 23.1 Å². The van der Waals surface area contributed by atoms with E-state index < -0.39 is 5.60 Å². The molecule has 0 bridgehead atoms. The average molecular weight is 387 g/mol. The first-order chi connectivity index (χ1) is 13.2. The van der Waals surface area contributed by atoms with Crippen LogP contribution in [0.4, 0.5) is 0 Å². The number of benzene rings is 1. The quantitative estimate of drug-likeness (QED) is 0.814. The lowest BCUT2D eigenvalue weighted by Crippen LogP contribution is -2.46. The lowest BCUT2D eigenvalue weighted by Gasteiger charge is -2.41. The summed E-state index contributed by atoms with van der Waals surface area (Å²) in [6, 6.07) is 7.43. The molecule has 2 aliphatic rings. The number of amides is 2. The van der Waals surface area contributed by atoms with Gasteiger partial charge in [-0.25, -0.2) is 0 Å². The van der Waals surface area contributed by atoms with Crippen molar-refractivity contribution in [1.29, 1.82) is 0 Å². The second-order valence-corrected chi connectivity index (χ2v) is 9.67. The highest BCUT2D eigenvalue weighted by molar-refractivity contribution is 5.94. The van der Waals surface area contributed by atoms with Crippen LogP contribution in [0.2, 0.25) is 0 Å². The van der Waals surface area contributed by atoms with Gasteiger partial charge in [-0.3, -0.25) is 9.59 Å². The Kier molecular flexibility index (Phi) is 6.13. The van der Waals surface area contributed by atoms with Crippen LogP contribution in [-0.4, -0.2) is 40.5 Å². The Balaban J connectivity index is 1.54. The maximum absolute atomic E-state index is 12.6. The Bertz CT molecular complexity index is 715. The van der Waals surface area contributed by atoms with E-state index in [-0.39, 0.29) is 23.8 Å². The predicted molar refractivity (Wildman–Crippen MR) is 110 cm³/mol. The molecule has 1 saturated heterocycles. The molecule has 1 aliphatic carbocycles. The van der Waals surface area contributed by atoms with Crippen molar-refractivity contribution in [3.8, 4) is 0 Å². The number of rotatable bonds is 5. The molecule has 1 aromatic rings. The van der Waals surface area contributed by atoms with Gasteiger partial charge in [0.15, 0.2) is 0 Å². The number of nitrogens with one attached hydrogen (secondary N) is 1. The minimum atomic E-state index is -0.809. The molecule has 5 heteroatoms. The smallest absolute Gasteiger partial charge is 0.251 e. The van der Waals surface area contributed by atoms with Crippen LogP contribution in [0.25, 0.3) is 0 Å². The van der Waals surface area contributed by atoms with Crippen LogP contribution < -0.4 is 5.32 Å². The van der Waals surface area contributed by atoms with Crippen molar-refractivity contribution in [1.82, 2.24) is 10.2 Å². The summed E-state index contributed by atoms with van der Waals surface area (Å²) < 4.78 is 0. The SMILES string of the molecule is CC(C)(C)C1CCC(O)(CNC(=O)c2cccc(CN3CCCC3=O)c2)CC1. The third-order valence-corrected chi connectivity index (χ3v) is 6.45. The highest BCUT2D eigenvalue weighted by Crippen LogP contribution is 2.41. The Morgan fingerprint density at radius 1 is 1.29 bits per heavy atom. The number of aliphatic hydroxyl groups is 1. The van der Waals surface area contributed by atoms with Gasteiger partial charge in [0.1, 0.15) is 0 Å². The van der Waals surface area contributed by atoms with Gasteiger partial charge < -0.3 is 15.3 Å². The second-order valence-electron chi connectivity index (χ2n) is 9.67. The topological polar surface area (TPSA) is 69.6 Å². The monoisotopic (exact) mass is 386 g/mol. The maximum Gasteiger partial charge on any atom is 0.251 e. The summed E-state index contributed by atoms with van der Waals surface area (Å²) in [5.41, 5.74) is 1.00. The van der Waals surface area contributed by atoms with E-state index in [9.17, 15) is 14.7 Å². The first-order valence-electron chi connectivity index (χ1n) is 10.5. The van der Waals surface area contributed by atoms with Crippen LogP contribution in [0.5, 0.6) is 0 Å². The Morgan fingerprint density at radius 3 is 2.61 bits per heavy atom. The van der Waals surface area contributed by atoms with Gasteiger partial charge in [-0.1, -0.05) is 32.9 Å². The van der Waals surface area contributed by atoms with Crippen molar-refractivity contribution in [3.63, 3.8) is 0 Å². The molecule has 2 N–H and O–H groups in total. The molecule has 0 radical (unpaired) electrons. The molecule has 2 amide bonds. The molecular weight excluding hydrogens is 352 g/mol. The minimum Gasteiger partial charge on any atom is -0.388 e. The summed E-state index contributed by atoms with van der Waals surface area (Å²) >= 11 is 0. The highest BCUT2D eigenvalue weighted by atomic mass is 16.3. The molecule has 0 atom stereocenters. The van der Waals surface area contributed by atoms with Gasteiger partial charge in [0.25, 0.3) is 5.91 Å². The molecule has 1 heterocycles. The minimum absolute atomic E-state index is 0.166. The zero-order valence-electron chi connectivity index (χ0n) is 17.5. The van der Waals surface area contributed by atoms with Crippen molar-refractivity contribution in [2.75, 3.05) is 13.1 Å². The van der Waals surface area contributed by atoms with Crippen LogP contribution in [0.1, 0.15) is 75.2 Å². The normalized spacial score (nSPS) is 25.8. The summed E-state index contributed by atoms with van der Waals surface area (Å²) in [7, 11) is 0. The van der Waals surface area contributed by atoms with Gasteiger partial charge >= 0.3 is 0 Å². The first-order valence-corrected chi connectivity index (χ1v) is 10.5. The molecule has 0 spiro atoms. The van der Waals surface area contributed by atoms with Crippen LogP contribution >= 0.6 is 0 Å². The van der Waals surface area contributed by atoms with Crippen molar-refractivity contribution in [2.24, 2.45) is 11.3 Å². The van der Waals surface area contributed by atoms with Crippen molar-refractivity contribution < 1.29 is 14.7 Å². The highest BCUT2D eigenvalue weighted by Gasteiger charge is 2.37. The summed E-state index contributed by atoms with van der Waals surface area (Å²) in [5.74, 6) is 0.636. The van der Waals surface area contributed by atoms with Gasteiger partial charge in [-0.2, -0.15) is 0 Å². The molecule has 1 saturated carbocycles. The lowest BCUT2D eigenvalue weighted by molar-refractivity contribution is -0.128. The van der Waals surface area contributed by atoms with Crippen LogP contribution in [0, 0.1) is 11.3 Å². The summed E-state index contributed by atoms with van der Waals surface area (Å²) in [6.45, 7) is 8.40. The molecule has 28 heavy (non-hydrogen) atoms. The number of carbonyl (C=O) groups excluding carboxylic acids is 2. The molecule has 5 nitrogen and oxygen atoms in total. The largest absolute Gasteiger partial charge is 0.388 e. The summed E-state index contributed by atoms with van der Waals surface area (Å²) in [4.78, 5) is 26.3. The average Bonchev–Trinajstić information content (AvgIpc) is 3.04. The van der Waals surface area contributed by atoms with Gasteiger partial charge in [0.05, 0.1) is 5.60 Å². The fourth-order valence-corrected chi connectivity index (χ4v) is 4.45. The zero-order chi connectivity index (χ0) is 20.4. The fraction of sp³-hybridized carbons (Fsp3) is 0.652. The summed E-state index contributed by atoms with van der Waals surface area (Å²) in [5, 5.41) is 13.8. The Labute approximate surface area is 168 Å². The van der Waals surface area contributed by atoms with Gasteiger partial charge in [-0.15, -0.1) is 0 Å². The third kappa shape index (κ3) is 5.13. The van der Waals surface area contributed by atoms with E-state index in [1.54, 1.807) is 6.07 Å². The van der Waals surface area contributed by atoms with Crippen LogP contribution in [0.15, 0.2) is 24.3 Å². The van der Waals surface area contributed by atoms with Crippen molar-refractivity contribution in [2.45, 2.75) is 71.4 Å². The molecule has 2 fully saturated rings. The standard InChI is InChI=1S/C23H34N2O3/c1-22(2,3)19-9-11-23(28,12-10-19)16-24-21(27)18-7-4-6-17(14-18)15-25-13-5-8-20(25)26/h4,6-7,14,19,28H,5,8-13,15-16H2,1-3H3,(H,24,27). The van der Waals surface area contributed by atoms with Crippen molar-refractivity contribution >= 4 is 11.8 Å². The molecule has 0 aromatic heterocycles. The molecule has 154 valence electrons. The van der Waals surface area contributed by atoms with Gasteiger partial charge in [0, 0.05) is 31.6 Å². The van der Waals surface area contributed by atoms with E-state index in [2.05, 4.69) is 26.1 Å². The maximum atomic E-state index is 12.6. The summed E-state index contributed by atoms with van der Waals surface area (Å²) in [6.07, 6.45) is 4.98. The van der Waals surface area contributed by atoms with E-state index in [0.717, 1.165) is 44.2 Å². The van der Waals surface area contributed by atoms with Crippen LogP contribution in [0.3, 0.4) is 0 Å². The van der Waals surface area contributed by atoms with E-state index in [1.165, 1.54) is 0 Å². The van der Waals surface area contributed by atoms with Gasteiger partial charge in [0.2, 0.25) is 5.91 Å². The first kappa shape index (κ1) is 20.8. The van der Waals surface area contributed by atoms with E-state index >= 15 is 0 Å². The number of likely N-dealkylation sites (tertiary alicyclic amines) is 1. The fourth-order valence-electron chi connectivity index (χ4n) is 4.45. The zero-order valence-corrected chi connectivity index (χ0v) is 17.5. The third-order valence-electron chi connectivity index (χ3n) is 6.45. The molecule has 3 rings (SSSR count). The predicted octanol–water partition coefficient (Wildman–Crippen LogP) is 3.51.